The lowest BCUT2D eigenvalue weighted by Crippen LogP contribution is -2.30. The summed E-state index contributed by atoms with van der Waals surface area (Å²) >= 11 is 3.26. The zero-order valence-electron chi connectivity index (χ0n) is 11.5. The van der Waals surface area contributed by atoms with E-state index in [9.17, 15) is 4.79 Å². The van der Waals surface area contributed by atoms with Gasteiger partial charge < -0.3 is 10.6 Å². The number of fused-ring (bicyclic) bond motifs is 2. The molecule has 0 fully saturated rings. The molecule has 5 nitrogen and oxygen atoms in total. The predicted octanol–water partition coefficient (Wildman–Crippen LogP) is 1.87. The van der Waals surface area contributed by atoms with Crippen LogP contribution in [-0.2, 0) is 11.2 Å². The van der Waals surface area contributed by atoms with Crippen LogP contribution in [0.15, 0.2) is 17.1 Å². The first-order chi connectivity index (χ1) is 10.2. The van der Waals surface area contributed by atoms with Gasteiger partial charge in [0.2, 0.25) is 5.91 Å². The monoisotopic (exact) mass is 318 g/mol. The van der Waals surface area contributed by atoms with Crippen molar-refractivity contribution in [2.24, 2.45) is 4.99 Å². The minimum absolute atomic E-state index is 0.0261. The highest BCUT2D eigenvalue weighted by Gasteiger charge is 2.26. The Balaban J connectivity index is 1.70. The molecule has 0 bridgehead atoms. The van der Waals surface area contributed by atoms with Gasteiger partial charge >= 0.3 is 0 Å². The first-order valence-corrected chi connectivity index (χ1v) is 8.65. The predicted molar refractivity (Wildman–Crippen MR) is 88.7 cm³/mol. The molecule has 1 aromatic heterocycles. The van der Waals surface area contributed by atoms with E-state index < -0.39 is 0 Å². The van der Waals surface area contributed by atoms with Gasteiger partial charge in [0.15, 0.2) is 0 Å². The zero-order valence-corrected chi connectivity index (χ0v) is 13.1. The second-order valence-electron chi connectivity index (χ2n) is 5.05. The molecule has 2 aliphatic rings. The summed E-state index contributed by atoms with van der Waals surface area (Å²) in [4.78, 5) is 20.8. The minimum atomic E-state index is -0.284. The average molecular weight is 318 g/mol. The summed E-state index contributed by atoms with van der Waals surface area (Å²) < 4.78 is 1.17. The SMILES string of the molecule is CNC(=O)C1CSC(c2nc3cc4c(cc3s2)NCC4)=N1. The number of anilines is 1. The second kappa shape index (κ2) is 4.99. The van der Waals surface area contributed by atoms with E-state index in [0.29, 0.717) is 5.75 Å². The topological polar surface area (TPSA) is 66.4 Å². The van der Waals surface area contributed by atoms with Gasteiger partial charge in [0.05, 0.1) is 10.2 Å². The normalized spacial score (nSPS) is 20.2. The van der Waals surface area contributed by atoms with E-state index in [0.717, 1.165) is 28.5 Å². The van der Waals surface area contributed by atoms with Crippen LogP contribution in [0, 0.1) is 0 Å². The van der Waals surface area contributed by atoms with Crippen molar-refractivity contribution in [1.82, 2.24) is 10.3 Å². The van der Waals surface area contributed by atoms with E-state index in [2.05, 4.69) is 27.8 Å². The largest absolute Gasteiger partial charge is 0.384 e. The molecule has 4 rings (SSSR count). The van der Waals surface area contributed by atoms with Crippen LogP contribution in [0.3, 0.4) is 0 Å². The van der Waals surface area contributed by atoms with Crippen molar-refractivity contribution in [3.8, 4) is 0 Å². The summed E-state index contributed by atoms with van der Waals surface area (Å²) in [6, 6.07) is 4.06. The number of hydrogen-bond acceptors (Lipinski definition) is 6. The van der Waals surface area contributed by atoms with E-state index >= 15 is 0 Å². The maximum Gasteiger partial charge on any atom is 0.245 e. The summed E-state index contributed by atoms with van der Waals surface area (Å²) in [5.41, 5.74) is 3.59. The molecule has 1 aromatic carbocycles. The summed E-state index contributed by atoms with van der Waals surface area (Å²) in [6.45, 7) is 1.01. The smallest absolute Gasteiger partial charge is 0.245 e. The molecule has 2 aromatic rings. The van der Waals surface area contributed by atoms with Gasteiger partial charge in [-0.15, -0.1) is 23.1 Å². The maximum absolute atomic E-state index is 11.6. The summed E-state index contributed by atoms with van der Waals surface area (Å²) in [5.74, 6) is 0.671. The van der Waals surface area contributed by atoms with Gasteiger partial charge in [0.25, 0.3) is 0 Å². The molecule has 0 saturated heterocycles. The molecule has 3 heterocycles. The van der Waals surface area contributed by atoms with Crippen LogP contribution >= 0.6 is 23.1 Å². The van der Waals surface area contributed by atoms with Gasteiger partial charge in [-0.1, -0.05) is 0 Å². The van der Waals surface area contributed by atoms with E-state index in [1.54, 1.807) is 30.1 Å². The van der Waals surface area contributed by atoms with Gasteiger partial charge in [0.1, 0.15) is 16.1 Å². The number of rotatable bonds is 2. The van der Waals surface area contributed by atoms with Gasteiger partial charge in [-0.05, 0) is 24.1 Å². The number of benzene rings is 1. The zero-order chi connectivity index (χ0) is 14.4. The van der Waals surface area contributed by atoms with Crippen molar-refractivity contribution in [2.45, 2.75) is 12.5 Å². The molecule has 21 heavy (non-hydrogen) atoms. The number of thiazole rings is 1. The minimum Gasteiger partial charge on any atom is -0.384 e. The summed E-state index contributed by atoms with van der Waals surface area (Å²) in [7, 11) is 1.65. The Morgan fingerprint density at radius 3 is 3.24 bits per heavy atom. The number of amides is 1. The standard InChI is InChI=1S/C14H14N4OS2/c1-15-12(19)10-6-20-13(18-10)14-17-9-4-7-2-3-16-8(7)5-11(9)21-14/h4-5,10,16H,2-3,6H2,1H3,(H,15,19). The lowest BCUT2D eigenvalue weighted by molar-refractivity contribution is -0.121. The number of aromatic nitrogens is 1. The highest BCUT2D eigenvalue weighted by molar-refractivity contribution is 8.15. The van der Waals surface area contributed by atoms with Crippen LogP contribution in [0.2, 0.25) is 0 Å². The fraction of sp³-hybridized carbons (Fsp3) is 0.357. The van der Waals surface area contributed by atoms with Crippen molar-refractivity contribution < 1.29 is 4.79 Å². The highest BCUT2D eigenvalue weighted by Crippen LogP contribution is 2.34. The second-order valence-corrected chi connectivity index (χ2v) is 7.09. The van der Waals surface area contributed by atoms with E-state index in [1.165, 1.54) is 16.0 Å². The number of likely N-dealkylation sites (N-methyl/N-ethyl adjacent to an activating group) is 1. The summed E-state index contributed by atoms with van der Waals surface area (Å²) in [6.07, 6.45) is 1.06. The molecule has 2 N–H and O–H groups in total. The summed E-state index contributed by atoms with van der Waals surface area (Å²) in [5, 5.41) is 7.85. The van der Waals surface area contributed by atoms with E-state index in [1.807, 2.05) is 0 Å². The molecule has 0 spiro atoms. The Morgan fingerprint density at radius 1 is 1.48 bits per heavy atom. The Morgan fingerprint density at radius 2 is 2.38 bits per heavy atom. The molecule has 0 radical (unpaired) electrons. The molecule has 2 aliphatic heterocycles. The maximum atomic E-state index is 11.6. The van der Waals surface area contributed by atoms with E-state index in [4.69, 9.17) is 4.98 Å². The van der Waals surface area contributed by atoms with Crippen LogP contribution in [0.5, 0.6) is 0 Å². The fourth-order valence-electron chi connectivity index (χ4n) is 2.60. The van der Waals surface area contributed by atoms with Gasteiger partial charge in [0, 0.05) is 25.0 Å². The molecule has 108 valence electrons. The lowest BCUT2D eigenvalue weighted by Gasteiger charge is -2.01. The van der Waals surface area contributed by atoms with Crippen LogP contribution < -0.4 is 10.6 Å². The van der Waals surface area contributed by atoms with Crippen LogP contribution in [-0.4, -0.2) is 41.3 Å². The first kappa shape index (κ1) is 13.1. The van der Waals surface area contributed by atoms with Crippen molar-refractivity contribution in [1.29, 1.82) is 0 Å². The Hall–Kier alpha value is -1.60. The number of carbonyl (C=O) groups is 1. The van der Waals surface area contributed by atoms with Gasteiger partial charge in [-0.25, -0.2) is 4.98 Å². The van der Waals surface area contributed by atoms with E-state index in [-0.39, 0.29) is 11.9 Å². The molecule has 7 heteroatoms. The molecular weight excluding hydrogens is 304 g/mol. The third-order valence-corrected chi connectivity index (χ3v) is 5.91. The number of carbonyl (C=O) groups excluding carboxylic acids is 1. The van der Waals surface area contributed by atoms with Crippen molar-refractivity contribution in [2.75, 3.05) is 24.7 Å². The lowest BCUT2D eigenvalue weighted by atomic mass is 10.1. The molecular formula is C14H14N4OS2. The fourth-order valence-corrected chi connectivity index (χ4v) is 4.70. The number of nitrogens with zero attached hydrogens (tertiary/aromatic N) is 2. The number of aliphatic imine (C=N–C) groups is 1. The number of hydrogen-bond donors (Lipinski definition) is 2. The number of thioether (sulfide) groups is 1. The molecule has 1 amide bonds. The Labute approximate surface area is 130 Å². The third-order valence-electron chi connectivity index (χ3n) is 3.71. The first-order valence-electron chi connectivity index (χ1n) is 6.84. The third kappa shape index (κ3) is 2.20. The molecule has 1 atom stereocenters. The van der Waals surface area contributed by atoms with Gasteiger partial charge in [-0.2, -0.15) is 0 Å². The molecule has 1 unspecified atom stereocenters. The molecule has 0 aliphatic carbocycles. The van der Waals surface area contributed by atoms with Crippen molar-refractivity contribution in [3.05, 3.63) is 22.7 Å². The Bertz CT molecular complexity index is 727. The van der Waals surface area contributed by atoms with Crippen LogP contribution in [0.4, 0.5) is 5.69 Å². The molecule has 0 saturated carbocycles. The Kier molecular flexibility index (Phi) is 3.11. The van der Waals surface area contributed by atoms with Crippen LogP contribution in [0.1, 0.15) is 10.6 Å². The van der Waals surface area contributed by atoms with Crippen molar-refractivity contribution >= 4 is 50.0 Å². The average Bonchev–Trinajstić information content (AvgIpc) is 3.20. The highest BCUT2D eigenvalue weighted by atomic mass is 32.2. The van der Waals surface area contributed by atoms with Crippen molar-refractivity contribution in [3.63, 3.8) is 0 Å². The van der Waals surface area contributed by atoms with Crippen LogP contribution in [0.25, 0.3) is 10.2 Å². The van der Waals surface area contributed by atoms with Gasteiger partial charge in [-0.3, -0.25) is 9.79 Å². The quantitative estimate of drug-likeness (QED) is 0.887. The number of nitrogens with one attached hydrogen (secondary N) is 2.